The van der Waals surface area contributed by atoms with Gasteiger partial charge in [0, 0.05) is 12.3 Å². The lowest BCUT2D eigenvalue weighted by Crippen LogP contribution is -2.56. The molecule has 35 heavy (non-hydrogen) atoms. The molecule has 4 saturated carbocycles. The van der Waals surface area contributed by atoms with Gasteiger partial charge in [-0.25, -0.2) is 0 Å². The number of carbonyl (C=O) groups is 1. The minimum atomic E-state index is 0.253. The van der Waals surface area contributed by atoms with Crippen molar-refractivity contribution in [3.8, 4) is 0 Å². The minimum Gasteiger partial charge on any atom is -0.299 e. The van der Waals surface area contributed by atoms with E-state index in [1.165, 1.54) is 63.4 Å². The van der Waals surface area contributed by atoms with E-state index in [1.807, 2.05) is 0 Å². The first kappa shape index (κ1) is 25.5. The van der Waals surface area contributed by atoms with Gasteiger partial charge in [-0.1, -0.05) is 84.2 Å². The minimum absolute atomic E-state index is 0.253. The van der Waals surface area contributed by atoms with Crippen molar-refractivity contribution in [2.75, 3.05) is 0 Å². The summed E-state index contributed by atoms with van der Waals surface area (Å²) in [7, 11) is 0. The zero-order chi connectivity index (χ0) is 24.8. The number of benzene rings is 1. The third-order valence-electron chi connectivity index (χ3n) is 12.3. The Kier molecular flexibility index (Phi) is 7.28. The zero-order valence-electron chi connectivity index (χ0n) is 23.4. The van der Waals surface area contributed by atoms with Gasteiger partial charge in [0.1, 0.15) is 5.78 Å². The van der Waals surface area contributed by atoms with E-state index in [-0.39, 0.29) is 5.92 Å². The van der Waals surface area contributed by atoms with E-state index in [4.69, 9.17) is 0 Å². The molecule has 0 amide bonds. The smallest absolute Gasteiger partial charge is 0.136 e. The van der Waals surface area contributed by atoms with Crippen LogP contribution in [0.2, 0.25) is 0 Å². The van der Waals surface area contributed by atoms with Gasteiger partial charge in [-0.05, 0) is 109 Å². The Hall–Kier alpha value is -1.11. The van der Waals surface area contributed by atoms with Crippen LogP contribution in [0, 0.1) is 58.2 Å². The van der Waals surface area contributed by atoms with Crippen molar-refractivity contribution in [2.45, 2.75) is 112 Å². The van der Waals surface area contributed by atoms with E-state index in [1.54, 1.807) is 0 Å². The van der Waals surface area contributed by atoms with Crippen LogP contribution in [0.15, 0.2) is 30.3 Å². The highest BCUT2D eigenvalue weighted by atomic mass is 16.1. The van der Waals surface area contributed by atoms with Crippen LogP contribution in [0.1, 0.15) is 111 Å². The second kappa shape index (κ2) is 9.98. The molecule has 1 heteroatoms. The number of hydrogen-bond donors (Lipinski definition) is 0. The maximum absolute atomic E-state index is 13.2. The summed E-state index contributed by atoms with van der Waals surface area (Å²) in [4.78, 5) is 13.2. The van der Waals surface area contributed by atoms with Gasteiger partial charge in [0.2, 0.25) is 0 Å². The van der Waals surface area contributed by atoms with Crippen molar-refractivity contribution in [1.29, 1.82) is 0 Å². The standard InChI is InChI=1S/C34H52O/c1-23(2)10-9-11-24(3)28-16-17-29-26-14-15-30-27(22-25-12-7-6-8-13-25)32(35)19-21-34(30,5)31(26)18-20-33(28,29)4/h6-8,12-13,23-24,26-31H,9-11,14-22H2,1-5H3/t24-,26+,27+,28-,29+,30+,31+,33-,34+/m1/s1. The van der Waals surface area contributed by atoms with E-state index in [2.05, 4.69) is 65.0 Å². The largest absolute Gasteiger partial charge is 0.299 e. The normalized spacial score (nSPS) is 41.8. The van der Waals surface area contributed by atoms with Gasteiger partial charge in [0.15, 0.2) is 0 Å². The maximum Gasteiger partial charge on any atom is 0.136 e. The van der Waals surface area contributed by atoms with E-state index in [0.29, 0.717) is 22.5 Å². The van der Waals surface area contributed by atoms with Crippen molar-refractivity contribution >= 4 is 5.78 Å². The number of ketones is 1. The van der Waals surface area contributed by atoms with E-state index >= 15 is 0 Å². The second-order valence-corrected chi connectivity index (χ2v) is 14.4. The van der Waals surface area contributed by atoms with Crippen LogP contribution in [0.5, 0.6) is 0 Å². The summed E-state index contributed by atoms with van der Waals surface area (Å²) in [6.07, 6.45) is 15.7. The Morgan fingerprint density at radius 2 is 1.54 bits per heavy atom. The molecule has 0 N–H and O–H groups in total. The van der Waals surface area contributed by atoms with Crippen molar-refractivity contribution < 1.29 is 4.79 Å². The predicted octanol–water partition coefficient (Wildman–Crippen LogP) is 9.15. The van der Waals surface area contributed by atoms with Crippen LogP contribution in [0.3, 0.4) is 0 Å². The molecule has 4 fully saturated rings. The van der Waals surface area contributed by atoms with Crippen LogP contribution in [0.25, 0.3) is 0 Å². The molecule has 1 nitrogen and oxygen atoms in total. The molecule has 194 valence electrons. The molecule has 1 aromatic carbocycles. The maximum atomic E-state index is 13.2. The molecule has 0 unspecified atom stereocenters. The molecule has 1 aromatic rings. The molecule has 0 saturated heterocycles. The molecule has 0 aliphatic heterocycles. The SMILES string of the molecule is CC(C)CCC[C@@H](C)[C@H]1CC[C@H]2[C@@H]3CC[C@H]4[C@H](Cc5ccccc5)C(=O)CC[C@]4(C)[C@H]3CC[C@]12C. The molecule has 0 spiro atoms. The highest BCUT2D eigenvalue weighted by molar-refractivity contribution is 5.82. The summed E-state index contributed by atoms with van der Waals surface area (Å²) in [5.74, 6) is 6.76. The highest BCUT2D eigenvalue weighted by Crippen LogP contribution is 2.68. The molecule has 5 rings (SSSR count). The number of fused-ring (bicyclic) bond motifs is 5. The molecule has 0 heterocycles. The Balaban J connectivity index is 1.32. The second-order valence-electron chi connectivity index (χ2n) is 14.4. The number of carbonyl (C=O) groups excluding carboxylic acids is 1. The Morgan fingerprint density at radius 3 is 2.29 bits per heavy atom. The van der Waals surface area contributed by atoms with E-state index in [9.17, 15) is 4.79 Å². The van der Waals surface area contributed by atoms with Gasteiger partial charge in [-0.2, -0.15) is 0 Å². The monoisotopic (exact) mass is 476 g/mol. The van der Waals surface area contributed by atoms with Crippen LogP contribution in [-0.2, 0) is 11.2 Å². The Labute approximate surface area is 216 Å². The average molecular weight is 477 g/mol. The molecule has 0 aromatic heterocycles. The number of Topliss-reactive ketones (excluding diaryl/α,β-unsaturated/α-hetero) is 1. The van der Waals surface area contributed by atoms with E-state index < -0.39 is 0 Å². The molecular formula is C34H52O. The van der Waals surface area contributed by atoms with Crippen LogP contribution >= 0.6 is 0 Å². The number of rotatable bonds is 7. The molecule has 0 radical (unpaired) electrons. The fourth-order valence-electron chi connectivity index (χ4n) is 10.5. The summed E-state index contributed by atoms with van der Waals surface area (Å²) < 4.78 is 0. The van der Waals surface area contributed by atoms with Gasteiger partial charge >= 0.3 is 0 Å². The first-order valence-corrected chi connectivity index (χ1v) is 15.3. The fourth-order valence-corrected chi connectivity index (χ4v) is 10.5. The van der Waals surface area contributed by atoms with Crippen molar-refractivity contribution in [3.05, 3.63) is 35.9 Å². The summed E-state index contributed by atoms with van der Waals surface area (Å²) in [6.45, 7) is 12.7. The van der Waals surface area contributed by atoms with Gasteiger partial charge in [0.05, 0.1) is 0 Å². The first-order valence-electron chi connectivity index (χ1n) is 15.3. The molecule has 4 aliphatic rings. The van der Waals surface area contributed by atoms with Gasteiger partial charge in [-0.15, -0.1) is 0 Å². The van der Waals surface area contributed by atoms with Crippen LogP contribution in [0.4, 0.5) is 0 Å². The summed E-state index contributed by atoms with van der Waals surface area (Å²) in [6, 6.07) is 10.8. The fraction of sp³-hybridized carbons (Fsp3) is 0.794. The van der Waals surface area contributed by atoms with Crippen LogP contribution in [-0.4, -0.2) is 5.78 Å². The Morgan fingerprint density at radius 1 is 0.829 bits per heavy atom. The van der Waals surface area contributed by atoms with Crippen molar-refractivity contribution in [1.82, 2.24) is 0 Å². The van der Waals surface area contributed by atoms with Crippen LogP contribution < -0.4 is 0 Å². The topological polar surface area (TPSA) is 17.1 Å². The molecule has 4 aliphatic carbocycles. The van der Waals surface area contributed by atoms with Crippen molar-refractivity contribution in [2.24, 2.45) is 58.2 Å². The number of hydrogen-bond acceptors (Lipinski definition) is 1. The molecular weight excluding hydrogens is 424 g/mol. The van der Waals surface area contributed by atoms with Gasteiger partial charge in [-0.3, -0.25) is 4.79 Å². The third-order valence-corrected chi connectivity index (χ3v) is 12.3. The molecule has 9 atom stereocenters. The summed E-state index contributed by atoms with van der Waals surface area (Å²) in [5.41, 5.74) is 2.30. The van der Waals surface area contributed by atoms with Crippen molar-refractivity contribution in [3.63, 3.8) is 0 Å². The Bertz CT molecular complexity index is 872. The lowest BCUT2D eigenvalue weighted by atomic mass is 9.43. The zero-order valence-corrected chi connectivity index (χ0v) is 23.4. The van der Waals surface area contributed by atoms with E-state index in [0.717, 1.165) is 54.8 Å². The predicted molar refractivity (Wildman–Crippen MR) is 147 cm³/mol. The lowest BCUT2D eigenvalue weighted by Gasteiger charge is -2.62. The quantitative estimate of drug-likeness (QED) is 0.383. The summed E-state index contributed by atoms with van der Waals surface area (Å²) in [5, 5.41) is 0. The van der Waals surface area contributed by atoms with Gasteiger partial charge in [0.25, 0.3) is 0 Å². The first-order chi connectivity index (χ1) is 16.7. The molecule has 0 bridgehead atoms. The lowest BCUT2D eigenvalue weighted by molar-refractivity contribution is -0.152. The summed E-state index contributed by atoms with van der Waals surface area (Å²) >= 11 is 0. The third kappa shape index (κ3) is 4.57. The van der Waals surface area contributed by atoms with Gasteiger partial charge < -0.3 is 0 Å². The average Bonchev–Trinajstić information content (AvgIpc) is 3.19. The highest BCUT2D eigenvalue weighted by Gasteiger charge is 2.61.